The normalized spacial score (nSPS) is 10.8. The molecule has 2 N–H and O–H groups in total. The van der Waals surface area contributed by atoms with E-state index >= 15 is 0 Å². The second-order valence-electron chi connectivity index (χ2n) is 7.11. The second-order valence-corrected chi connectivity index (χ2v) is 7.11. The van der Waals surface area contributed by atoms with Gasteiger partial charge in [0.1, 0.15) is 5.69 Å². The smallest absolute Gasteiger partial charge is 0.268 e. The molecule has 4 aromatic rings. The lowest BCUT2D eigenvalue weighted by Gasteiger charge is -2.16. The molecule has 0 saturated carbocycles. The average molecular weight is 398 g/mol. The van der Waals surface area contributed by atoms with Gasteiger partial charge in [0.25, 0.3) is 5.89 Å². The van der Waals surface area contributed by atoms with E-state index in [1.54, 1.807) is 12.3 Å². The van der Waals surface area contributed by atoms with E-state index in [4.69, 9.17) is 15.1 Å². The van der Waals surface area contributed by atoms with Crippen molar-refractivity contribution in [2.24, 2.45) is 0 Å². The summed E-state index contributed by atoms with van der Waals surface area (Å²) in [5, 5.41) is 8.30. The number of hydrogen-bond acceptors (Lipinski definition) is 7. The van der Waals surface area contributed by atoms with Crippen molar-refractivity contribution in [3.05, 3.63) is 72.6 Å². The Morgan fingerprint density at radius 1 is 1.00 bits per heavy atom. The van der Waals surface area contributed by atoms with Gasteiger partial charge in [-0.05, 0) is 24.6 Å². The van der Waals surface area contributed by atoms with Crippen LogP contribution in [0.3, 0.4) is 0 Å². The van der Waals surface area contributed by atoms with Crippen LogP contribution < -0.4 is 5.73 Å². The molecule has 150 valence electrons. The van der Waals surface area contributed by atoms with Gasteiger partial charge in [0.15, 0.2) is 0 Å². The van der Waals surface area contributed by atoms with Crippen LogP contribution >= 0.6 is 0 Å². The number of aromatic nitrogens is 4. The van der Waals surface area contributed by atoms with Crippen LogP contribution in [0.4, 0.5) is 5.69 Å². The third-order valence-electron chi connectivity index (χ3n) is 4.83. The fourth-order valence-corrected chi connectivity index (χ4v) is 3.00. The van der Waals surface area contributed by atoms with Crippen LogP contribution in [-0.2, 0) is 0 Å². The number of hydrogen-bond donors (Lipinski definition) is 1. The van der Waals surface area contributed by atoms with E-state index in [-0.39, 0.29) is 0 Å². The number of anilines is 1. The molecule has 2 aromatic carbocycles. The van der Waals surface area contributed by atoms with Crippen LogP contribution in [0.1, 0.15) is 11.3 Å². The van der Waals surface area contributed by atoms with Gasteiger partial charge < -0.3 is 15.1 Å². The van der Waals surface area contributed by atoms with Crippen LogP contribution in [0.5, 0.6) is 0 Å². The maximum atomic E-state index is 6.02. The van der Waals surface area contributed by atoms with E-state index in [0.29, 0.717) is 34.4 Å². The Hall–Kier alpha value is -4.00. The van der Waals surface area contributed by atoms with Gasteiger partial charge in [-0.25, -0.2) is 4.98 Å². The minimum atomic E-state index is 0.303. The molecule has 0 bridgehead atoms. The van der Waals surface area contributed by atoms with E-state index in [1.165, 1.54) is 0 Å². The van der Waals surface area contributed by atoms with Gasteiger partial charge in [0.2, 0.25) is 5.89 Å². The molecule has 0 saturated heterocycles. The van der Waals surface area contributed by atoms with Gasteiger partial charge in [-0.15, -0.1) is 10.2 Å². The predicted octanol–water partition coefficient (Wildman–Crippen LogP) is 4.28. The van der Waals surface area contributed by atoms with Gasteiger partial charge in [-0.1, -0.05) is 43.0 Å². The zero-order chi connectivity index (χ0) is 21.3. The summed E-state index contributed by atoms with van der Waals surface area (Å²) in [6, 6.07) is 15.4. The van der Waals surface area contributed by atoms with Crippen molar-refractivity contribution in [2.45, 2.75) is 6.92 Å². The van der Waals surface area contributed by atoms with E-state index in [1.807, 2.05) is 68.4 Å². The average Bonchev–Trinajstić information content (AvgIpc) is 3.23. The van der Waals surface area contributed by atoms with E-state index in [2.05, 4.69) is 21.8 Å². The third-order valence-corrected chi connectivity index (χ3v) is 4.83. The zero-order valence-electron chi connectivity index (χ0n) is 17.1. The minimum Gasteiger partial charge on any atom is -0.414 e. The van der Waals surface area contributed by atoms with Crippen molar-refractivity contribution in [2.75, 3.05) is 19.8 Å². The number of aryl methyl sites for hydroxylation is 1. The minimum absolute atomic E-state index is 0.303. The quantitative estimate of drug-likeness (QED) is 0.501. The molecular weight excluding hydrogens is 376 g/mol. The monoisotopic (exact) mass is 398 g/mol. The summed E-state index contributed by atoms with van der Waals surface area (Å²) < 4.78 is 5.86. The lowest BCUT2D eigenvalue weighted by Crippen LogP contribution is -2.08. The Kier molecular flexibility index (Phi) is 5.02. The summed E-state index contributed by atoms with van der Waals surface area (Å²) in [6.07, 6.45) is 1.74. The number of nitrogens with zero attached hydrogens (tertiary/aromatic N) is 5. The maximum absolute atomic E-state index is 6.02. The number of nitrogens with two attached hydrogens (primary N) is 1. The SMILES string of the molecule is C=C(c1ccc(-c2cnc(C)c(-c3nnc(-c4ccccc4N)o3)n2)cc1)N(C)C. The van der Waals surface area contributed by atoms with Crippen molar-refractivity contribution in [1.82, 2.24) is 25.1 Å². The predicted molar refractivity (Wildman–Crippen MR) is 118 cm³/mol. The molecule has 7 heteroatoms. The van der Waals surface area contributed by atoms with Gasteiger partial charge in [0.05, 0.1) is 23.1 Å². The highest BCUT2D eigenvalue weighted by Crippen LogP contribution is 2.29. The van der Waals surface area contributed by atoms with E-state index < -0.39 is 0 Å². The summed E-state index contributed by atoms with van der Waals surface area (Å²) in [5.74, 6) is 0.652. The maximum Gasteiger partial charge on any atom is 0.268 e. The Labute approximate surface area is 174 Å². The first kappa shape index (κ1) is 19.3. The largest absolute Gasteiger partial charge is 0.414 e. The molecule has 4 rings (SSSR count). The van der Waals surface area contributed by atoms with Crippen LogP contribution in [0, 0.1) is 6.92 Å². The van der Waals surface area contributed by atoms with Crippen molar-refractivity contribution in [3.8, 4) is 34.3 Å². The zero-order valence-corrected chi connectivity index (χ0v) is 17.1. The summed E-state index contributed by atoms with van der Waals surface area (Å²) in [6.45, 7) is 5.95. The molecule has 30 heavy (non-hydrogen) atoms. The first-order valence-corrected chi connectivity index (χ1v) is 9.43. The molecule has 0 radical (unpaired) electrons. The van der Waals surface area contributed by atoms with Gasteiger partial charge in [-0.2, -0.15) is 0 Å². The summed E-state index contributed by atoms with van der Waals surface area (Å²) >= 11 is 0. The third kappa shape index (κ3) is 3.65. The summed E-state index contributed by atoms with van der Waals surface area (Å²) in [5.41, 5.74) is 12.2. The van der Waals surface area contributed by atoms with Crippen LogP contribution in [0.15, 0.2) is 65.7 Å². The van der Waals surface area contributed by atoms with Crippen LogP contribution in [0.2, 0.25) is 0 Å². The van der Waals surface area contributed by atoms with Crippen molar-refractivity contribution >= 4 is 11.4 Å². The van der Waals surface area contributed by atoms with Crippen LogP contribution in [0.25, 0.3) is 40.0 Å². The molecule has 7 nitrogen and oxygen atoms in total. The van der Waals surface area contributed by atoms with Crippen molar-refractivity contribution in [1.29, 1.82) is 0 Å². The van der Waals surface area contributed by atoms with E-state index in [0.717, 1.165) is 22.5 Å². The number of rotatable bonds is 5. The number of para-hydroxylation sites is 1. The van der Waals surface area contributed by atoms with Gasteiger partial charge in [-0.3, -0.25) is 4.98 Å². The Morgan fingerprint density at radius 3 is 2.40 bits per heavy atom. The molecule has 2 heterocycles. The molecule has 0 unspecified atom stereocenters. The molecule has 0 atom stereocenters. The van der Waals surface area contributed by atoms with Crippen LogP contribution in [-0.4, -0.2) is 39.2 Å². The fraction of sp³-hybridized carbons (Fsp3) is 0.130. The highest BCUT2D eigenvalue weighted by atomic mass is 16.4. The highest BCUT2D eigenvalue weighted by molar-refractivity contribution is 5.71. The topological polar surface area (TPSA) is 94.0 Å². The molecule has 0 aliphatic rings. The second kappa shape index (κ2) is 7.79. The summed E-state index contributed by atoms with van der Waals surface area (Å²) in [4.78, 5) is 11.2. The molecule has 2 aromatic heterocycles. The molecule has 0 aliphatic heterocycles. The van der Waals surface area contributed by atoms with Gasteiger partial charge in [0, 0.05) is 31.0 Å². The van der Waals surface area contributed by atoms with Gasteiger partial charge >= 0.3 is 0 Å². The van der Waals surface area contributed by atoms with Crippen molar-refractivity contribution in [3.63, 3.8) is 0 Å². The summed E-state index contributed by atoms with van der Waals surface area (Å²) in [7, 11) is 3.94. The molecule has 0 spiro atoms. The molecular formula is C23H22N6O. The number of nitrogen functional groups attached to an aromatic ring is 1. The first-order chi connectivity index (χ1) is 14.4. The Morgan fingerprint density at radius 2 is 1.70 bits per heavy atom. The van der Waals surface area contributed by atoms with E-state index in [9.17, 15) is 0 Å². The molecule has 0 fully saturated rings. The lowest BCUT2D eigenvalue weighted by atomic mass is 10.1. The molecule has 0 amide bonds. The highest BCUT2D eigenvalue weighted by Gasteiger charge is 2.17. The molecule has 0 aliphatic carbocycles. The standard InChI is InChI=1S/C23H22N6O/c1-14-21(23-28-27-22(30-23)18-7-5-6-8-19(18)24)26-20(13-25-14)17-11-9-16(10-12-17)15(2)29(3)4/h5-13H,2,24H2,1,3-4H3. The first-order valence-electron chi connectivity index (χ1n) is 9.43. The van der Waals surface area contributed by atoms with Crippen molar-refractivity contribution < 1.29 is 4.42 Å². The fourth-order valence-electron chi connectivity index (χ4n) is 3.00. The Bertz CT molecular complexity index is 1210. The Balaban J connectivity index is 1.68. The lowest BCUT2D eigenvalue weighted by molar-refractivity contribution is 0.581. The number of benzene rings is 2.